The average Bonchev–Trinajstić information content (AvgIpc) is 2.37. The zero-order valence-electron chi connectivity index (χ0n) is 10.6. The lowest BCUT2D eigenvalue weighted by atomic mass is 10.2. The third-order valence-electron chi connectivity index (χ3n) is 2.52. The summed E-state index contributed by atoms with van der Waals surface area (Å²) in [5.41, 5.74) is 1.79. The highest BCUT2D eigenvalue weighted by molar-refractivity contribution is 8.04. The third-order valence-corrected chi connectivity index (χ3v) is 3.76. The van der Waals surface area contributed by atoms with Gasteiger partial charge >= 0.3 is 5.97 Å². The van der Waals surface area contributed by atoms with E-state index in [9.17, 15) is 4.79 Å². The number of allylic oxidation sites excluding steroid dienone is 1. The molecule has 0 radical (unpaired) electrons. The van der Waals surface area contributed by atoms with Gasteiger partial charge in [0.25, 0.3) is 0 Å². The number of fused-ring (bicyclic) bond motifs is 1. The van der Waals surface area contributed by atoms with Gasteiger partial charge in [-0.25, -0.2) is 4.79 Å². The number of esters is 1. The Morgan fingerprint density at radius 2 is 2.22 bits per heavy atom. The first-order valence-electron chi connectivity index (χ1n) is 5.66. The Hall–Kier alpha value is -1.62. The minimum atomic E-state index is -0.291. The van der Waals surface area contributed by atoms with Gasteiger partial charge in [-0.3, -0.25) is 0 Å². The van der Waals surface area contributed by atoms with Crippen molar-refractivity contribution in [3.63, 3.8) is 0 Å². The molecule has 4 nitrogen and oxygen atoms in total. The highest BCUT2D eigenvalue weighted by Gasteiger charge is 2.22. The number of ether oxygens (including phenoxy) is 2. The maximum Gasteiger partial charge on any atom is 0.346 e. The zero-order chi connectivity index (χ0) is 13.1. The van der Waals surface area contributed by atoms with Crippen LogP contribution in [0, 0.1) is 0 Å². The predicted molar refractivity (Wildman–Crippen MR) is 71.8 cm³/mol. The predicted octanol–water partition coefficient (Wildman–Crippen LogP) is 3.01. The van der Waals surface area contributed by atoms with Crippen LogP contribution in [0.5, 0.6) is 5.75 Å². The summed E-state index contributed by atoms with van der Waals surface area (Å²) in [6.07, 6.45) is 0. The molecule has 0 amide bonds. The second-order valence-electron chi connectivity index (χ2n) is 3.76. The van der Waals surface area contributed by atoms with Crippen molar-refractivity contribution in [2.24, 2.45) is 0 Å². The number of hydrogen-bond donors (Lipinski definition) is 1. The molecule has 2 rings (SSSR count). The summed E-state index contributed by atoms with van der Waals surface area (Å²) in [4.78, 5) is 13.4. The molecule has 0 spiro atoms. The number of rotatable bonds is 3. The second kappa shape index (κ2) is 5.35. The van der Waals surface area contributed by atoms with Crippen LogP contribution in [0.15, 0.2) is 33.7 Å². The largest absolute Gasteiger partial charge is 0.497 e. The van der Waals surface area contributed by atoms with Gasteiger partial charge < -0.3 is 14.8 Å². The number of anilines is 1. The summed E-state index contributed by atoms with van der Waals surface area (Å²) in [6, 6.07) is 5.72. The quantitative estimate of drug-likeness (QED) is 0.851. The summed E-state index contributed by atoms with van der Waals surface area (Å²) >= 11 is 1.41. The summed E-state index contributed by atoms with van der Waals surface area (Å²) in [6.45, 7) is 4.04. The topological polar surface area (TPSA) is 47.6 Å². The summed E-state index contributed by atoms with van der Waals surface area (Å²) in [7, 11) is 1.62. The first-order valence-corrected chi connectivity index (χ1v) is 6.48. The van der Waals surface area contributed by atoms with E-state index >= 15 is 0 Å². The van der Waals surface area contributed by atoms with Gasteiger partial charge in [-0.15, -0.1) is 0 Å². The minimum absolute atomic E-state index is 0.291. The number of carbonyl (C=O) groups excluding carboxylic acids is 1. The monoisotopic (exact) mass is 265 g/mol. The molecule has 18 heavy (non-hydrogen) atoms. The lowest BCUT2D eigenvalue weighted by Gasteiger charge is -2.21. The summed E-state index contributed by atoms with van der Waals surface area (Å²) in [5.74, 6) is 0.479. The van der Waals surface area contributed by atoms with Crippen LogP contribution in [-0.2, 0) is 9.53 Å². The molecule has 1 aliphatic rings. The van der Waals surface area contributed by atoms with Crippen molar-refractivity contribution >= 4 is 23.4 Å². The van der Waals surface area contributed by atoms with Gasteiger partial charge in [0.1, 0.15) is 10.7 Å². The van der Waals surface area contributed by atoms with E-state index in [4.69, 9.17) is 9.47 Å². The normalized spacial score (nSPS) is 13.7. The van der Waals surface area contributed by atoms with Gasteiger partial charge in [-0.2, -0.15) is 0 Å². The Morgan fingerprint density at radius 1 is 1.44 bits per heavy atom. The highest BCUT2D eigenvalue weighted by atomic mass is 32.2. The Balaban J connectivity index is 2.29. The van der Waals surface area contributed by atoms with Gasteiger partial charge in [0.15, 0.2) is 0 Å². The minimum Gasteiger partial charge on any atom is -0.497 e. The van der Waals surface area contributed by atoms with Crippen molar-refractivity contribution in [3.05, 3.63) is 28.8 Å². The van der Waals surface area contributed by atoms with Gasteiger partial charge in [0.05, 0.1) is 19.4 Å². The second-order valence-corrected chi connectivity index (χ2v) is 4.82. The Kier molecular flexibility index (Phi) is 3.81. The Labute approximate surface area is 110 Å². The van der Waals surface area contributed by atoms with Crippen molar-refractivity contribution in [2.45, 2.75) is 18.7 Å². The molecule has 0 bridgehead atoms. The molecule has 1 heterocycles. The van der Waals surface area contributed by atoms with E-state index in [1.165, 1.54) is 11.8 Å². The highest BCUT2D eigenvalue weighted by Crippen LogP contribution is 2.41. The van der Waals surface area contributed by atoms with Crippen molar-refractivity contribution in [1.82, 2.24) is 0 Å². The molecular formula is C13H15NO3S. The number of thioether (sulfide) groups is 1. The van der Waals surface area contributed by atoms with Crippen LogP contribution in [0.4, 0.5) is 5.69 Å². The molecule has 0 saturated carbocycles. The number of benzene rings is 1. The first-order chi connectivity index (χ1) is 8.65. The maximum atomic E-state index is 11.8. The van der Waals surface area contributed by atoms with E-state index in [0.29, 0.717) is 11.5 Å². The maximum absolute atomic E-state index is 11.8. The van der Waals surface area contributed by atoms with Crippen LogP contribution < -0.4 is 10.1 Å². The van der Waals surface area contributed by atoms with E-state index in [0.717, 1.165) is 22.0 Å². The Morgan fingerprint density at radius 3 is 2.89 bits per heavy atom. The van der Waals surface area contributed by atoms with E-state index < -0.39 is 0 Å². The fourth-order valence-corrected chi connectivity index (χ4v) is 2.62. The van der Waals surface area contributed by atoms with Crippen molar-refractivity contribution in [3.8, 4) is 5.75 Å². The average molecular weight is 265 g/mol. The van der Waals surface area contributed by atoms with Gasteiger partial charge in [0, 0.05) is 10.6 Å². The van der Waals surface area contributed by atoms with Crippen LogP contribution in [0.25, 0.3) is 0 Å². The number of carbonyl (C=O) groups is 1. The van der Waals surface area contributed by atoms with E-state index in [1.807, 2.05) is 25.1 Å². The van der Waals surface area contributed by atoms with Crippen molar-refractivity contribution < 1.29 is 14.3 Å². The molecule has 1 aliphatic heterocycles. The van der Waals surface area contributed by atoms with E-state index in [2.05, 4.69) is 5.32 Å². The molecule has 0 atom stereocenters. The molecule has 1 N–H and O–H groups in total. The van der Waals surface area contributed by atoms with Crippen LogP contribution in [0.1, 0.15) is 13.8 Å². The zero-order valence-corrected chi connectivity index (χ0v) is 11.4. The van der Waals surface area contributed by atoms with Gasteiger partial charge in [0.2, 0.25) is 0 Å². The fraction of sp³-hybridized carbons (Fsp3) is 0.308. The van der Waals surface area contributed by atoms with E-state index in [1.54, 1.807) is 14.0 Å². The Bertz CT molecular complexity index is 511. The van der Waals surface area contributed by atoms with Crippen molar-refractivity contribution in [2.75, 3.05) is 19.0 Å². The van der Waals surface area contributed by atoms with Crippen LogP contribution in [0.3, 0.4) is 0 Å². The molecule has 96 valence electrons. The van der Waals surface area contributed by atoms with Crippen LogP contribution >= 0.6 is 11.8 Å². The molecular weight excluding hydrogens is 250 g/mol. The molecule has 0 aliphatic carbocycles. The fourth-order valence-electron chi connectivity index (χ4n) is 1.65. The lowest BCUT2D eigenvalue weighted by molar-refractivity contribution is -0.137. The molecule has 0 fully saturated rings. The molecule has 1 aromatic rings. The number of methoxy groups -OCH3 is 1. The van der Waals surface area contributed by atoms with Crippen molar-refractivity contribution in [1.29, 1.82) is 0 Å². The number of nitrogens with one attached hydrogen (secondary N) is 1. The van der Waals surface area contributed by atoms with Gasteiger partial charge in [-0.05, 0) is 32.0 Å². The molecule has 5 heteroatoms. The van der Waals surface area contributed by atoms with Gasteiger partial charge in [-0.1, -0.05) is 11.8 Å². The summed E-state index contributed by atoms with van der Waals surface area (Å²) < 4.78 is 10.2. The SMILES string of the molecule is CCOC(=O)C1=C(C)Nc2ccc(OC)cc2S1. The lowest BCUT2D eigenvalue weighted by Crippen LogP contribution is -2.14. The van der Waals surface area contributed by atoms with Crippen LogP contribution in [0.2, 0.25) is 0 Å². The summed E-state index contributed by atoms with van der Waals surface area (Å²) in [5, 5.41) is 3.20. The molecule has 0 unspecified atom stereocenters. The number of hydrogen-bond acceptors (Lipinski definition) is 5. The first kappa shape index (κ1) is 12.8. The molecule has 0 aromatic heterocycles. The third kappa shape index (κ3) is 2.46. The molecule has 1 aromatic carbocycles. The van der Waals surface area contributed by atoms with Crippen LogP contribution in [-0.4, -0.2) is 19.7 Å². The smallest absolute Gasteiger partial charge is 0.346 e. The van der Waals surface area contributed by atoms with E-state index in [-0.39, 0.29) is 5.97 Å². The standard InChI is InChI=1S/C13H15NO3S/c1-4-17-13(15)12-8(2)14-10-6-5-9(16-3)7-11(10)18-12/h5-7,14H,4H2,1-3H3. The molecule has 0 saturated heterocycles.